The van der Waals surface area contributed by atoms with Crippen molar-refractivity contribution in [2.75, 3.05) is 30.4 Å². The predicted molar refractivity (Wildman–Crippen MR) is 108 cm³/mol. The van der Waals surface area contributed by atoms with Crippen molar-refractivity contribution in [3.8, 4) is 0 Å². The van der Waals surface area contributed by atoms with E-state index in [1.807, 2.05) is 0 Å². The number of nitrogens with one attached hydrogen (secondary N) is 2. The Bertz CT molecular complexity index is 944. The van der Waals surface area contributed by atoms with Crippen LogP contribution in [0.5, 0.6) is 0 Å². The summed E-state index contributed by atoms with van der Waals surface area (Å²) in [7, 11) is 1.53. The molecule has 0 bridgehead atoms. The van der Waals surface area contributed by atoms with Gasteiger partial charge in [-0.2, -0.15) is 13.2 Å². The van der Waals surface area contributed by atoms with Gasteiger partial charge in [0, 0.05) is 43.5 Å². The van der Waals surface area contributed by atoms with Gasteiger partial charge in [0.05, 0.1) is 10.6 Å². The summed E-state index contributed by atoms with van der Waals surface area (Å²) < 4.78 is 38.3. The van der Waals surface area contributed by atoms with Crippen LogP contribution in [0.2, 0.25) is 5.02 Å². The number of alkyl halides is 3. The van der Waals surface area contributed by atoms with Crippen molar-refractivity contribution >= 4 is 34.9 Å². The number of hydrogen-bond donors (Lipinski definition) is 2. The van der Waals surface area contributed by atoms with Crippen molar-refractivity contribution in [3.63, 3.8) is 0 Å². The second-order valence-electron chi connectivity index (χ2n) is 6.94. The highest BCUT2D eigenvalue weighted by atomic mass is 35.5. The molecular weight excluding hydrogens is 421 g/mol. The number of rotatable bonds is 4. The molecule has 2 N–H and O–H groups in total. The smallest absolute Gasteiger partial charge is 0.355 e. The molecule has 1 aromatic carbocycles. The van der Waals surface area contributed by atoms with Gasteiger partial charge in [0.25, 0.3) is 5.91 Å². The Morgan fingerprint density at radius 3 is 2.50 bits per heavy atom. The van der Waals surface area contributed by atoms with Crippen molar-refractivity contribution in [2.24, 2.45) is 5.92 Å². The molecule has 0 saturated carbocycles. The summed E-state index contributed by atoms with van der Waals surface area (Å²) in [4.78, 5) is 30.0. The second-order valence-corrected chi connectivity index (χ2v) is 7.34. The molecule has 10 heteroatoms. The lowest BCUT2D eigenvalue weighted by atomic mass is 9.95. The van der Waals surface area contributed by atoms with E-state index in [9.17, 15) is 22.8 Å². The first-order chi connectivity index (χ1) is 14.2. The maximum atomic E-state index is 12.8. The van der Waals surface area contributed by atoms with Crippen LogP contribution in [0, 0.1) is 5.92 Å². The largest absolute Gasteiger partial charge is 0.417 e. The number of aromatic nitrogens is 1. The summed E-state index contributed by atoms with van der Waals surface area (Å²) in [5.74, 6) is -0.407. The third kappa shape index (κ3) is 5.02. The molecule has 1 fully saturated rings. The summed E-state index contributed by atoms with van der Waals surface area (Å²) >= 11 is 6.01. The lowest BCUT2D eigenvalue weighted by Crippen LogP contribution is -2.38. The van der Waals surface area contributed by atoms with Crippen molar-refractivity contribution in [1.82, 2.24) is 10.3 Å². The Labute approximate surface area is 176 Å². The molecule has 2 aromatic rings. The van der Waals surface area contributed by atoms with Gasteiger partial charge < -0.3 is 15.5 Å². The van der Waals surface area contributed by atoms with E-state index >= 15 is 0 Å². The van der Waals surface area contributed by atoms with Crippen LogP contribution in [0.4, 0.5) is 24.7 Å². The summed E-state index contributed by atoms with van der Waals surface area (Å²) in [5, 5.41) is 5.27. The van der Waals surface area contributed by atoms with Crippen LogP contribution in [0.3, 0.4) is 0 Å². The van der Waals surface area contributed by atoms with Gasteiger partial charge in [-0.3, -0.25) is 9.59 Å². The first-order valence-corrected chi connectivity index (χ1v) is 9.67. The summed E-state index contributed by atoms with van der Waals surface area (Å²) in [6.07, 6.45) is -2.74. The molecule has 1 aromatic heterocycles. The quantitative estimate of drug-likeness (QED) is 0.754. The van der Waals surface area contributed by atoms with E-state index in [4.69, 9.17) is 11.6 Å². The van der Waals surface area contributed by atoms with Crippen LogP contribution < -0.4 is 15.5 Å². The van der Waals surface area contributed by atoms with Gasteiger partial charge in [-0.25, -0.2) is 4.98 Å². The van der Waals surface area contributed by atoms with Crippen molar-refractivity contribution in [3.05, 3.63) is 52.7 Å². The minimum atomic E-state index is -4.50. The molecule has 30 heavy (non-hydrogen) atoms. The van der Waals surface area contributed by atoms with Gasteiger partial charge >= 0.3 is 6.18 Å². The van der Waals surface area contributed by atoms with Gasteiger partial charge in [0.1, 0.15) is 5.82 Å². The van der Waals surface area contributed by atoms with Gasteiger partial charge in [-0.1, -0.05) is 17.7 Å². The monoisotopic (exact) mass is 440 g/mol. The van der Waals surface area contributed by atoms with Crippen molar-refractivity contribution < 1.29 is 22.8 Å². The molecule has 2 amide bonds. The van der Waals surface area contributed by atoms with E-state index in [1.54, 1.807) is 29.2 Å². The highest BCUT2D eigenvalue weighted by molar-refractivity contribution is 6.33. The Morgan fingerprint density at radius 1 is 1.20 bits per heavy atom. The molecule has 0 aliphatic carbocycles. The highest BCUT2D eigenvalue weighted by Gasteiger charge is 2.33. The molecule has 1 aliphatic rings. The summed E-state index contributed by atoms with van der Waals surface area (Å²) in [5.41, 5.74) is 0.0635. The van der Waals surface area contributed by atoms with E-state index < -0.39 is 11.7 Å². The standard InChI is InChI=1S/C20H20ClF3N4O2/c1-25-18(29)13-3-2-4-15(9-13)27-19(30)12-5-7-28(8-6-12)17-16(21)10-14(11-26-17)20(22,23)24/h2-4,9-12H,5-8H2,1H3,(H,25,29)(H,27,30). The number of piperidine rings is 1. The van der Waals surface area contributed by atoms with Crippen LogP contribution >= 0.6 is 11.6 Å². The fourth-order valence-corrected chi connectivity index (χ4v) is 3.58. The maximum absolute atomic E-state index is 12.8. The number of halogens is 4. The van der Waals surface area contributed by atoms with Gasteiger partial charge in [0.2, 0.25) is 5.91 Å². The lowest BCUT2D eigenvalue weighted by molar-refractivity contribution is -0.137. The predicted octanol–water partition coefficient (Wildman–Crippen LogP) is 3.97. The van der Waals surface area contributed by atoms with Gasteiger partial charge in [0.15, 0.2) is 0 Å². The minimum Gasteiger partial charge on any atom is -0.355 e. The first-order valence-electron chi connectivity index (χ1n) is 9.29. The normalized spacial score (nSPS) is 15.0. The average Bonchev–Trinajstić information content (AvgIpc) is 2.72. The Balaban J connectivity index is 1.60. The number of pyridine rings is 1. The zero-order chi connectivity index (χ0) is 21.9. The molecule has 0 unspecified atom stereocenters. The SMILES string of the molecule is CNC(=O)c1cccc(NC(=O)C2CCN(c3ncc(C(F)(F)F)cc3Cl)CC2)c1. The molecule has 0 spiro atoms. The number of carbonyl (C=O) groups excluding carboxylic acids is 2. The van der Waals surface area contributed by atoms with Crippen LogP contribution in [-0.4, -0.2) is 36.9 Å². The number of hydrogen-bond acceptors (Lipinski definition) is 4. The van der Waals surface area contributed by atoms with Crippen molar-refractivity contribution in [1.29, 1.82) is 0 Å². The molecule has 0 atom stereocenters. The molecule has 2 heterocycles. The third-order valence-corrected chi connectivity index (χ3v) is 5.21. The Kier molecular flexibility index (Phi) is 6.50. The van der Waals surface area contributed by atoms with E-state index in [1.165, 1.54) is 7.05 Å². The van der Waals surface area contributed by atoms with Crippen LogP contribution in [-0.2, 0) is 11.0 Å². The summed E-state index contributed by atoms with van der Waals surface area (Å²) in [6, 6.07) is 7.49. The van der Waals surface area contributed by atoms with Crippen LogP contribution in [0.15, 0.2) is 36.5 Å². The zero-order valence-electron chi connectivity index (χ0n) is 16.1. The van der Waals surface area contributed by atoms with Crippen LogP contribution in [0.1, 0.15) is 28.8 Å². The molecule has 0 radical (unpaired) electrons. The maximum Gasteiger partial charge on any atom is 0.417 e. The number of nitrogens with zero attached hydrogens (tertiary/aromatic N) is 2. The minimum absolute atomic E-state index is 0.0706. The second kappa shape index (κ2) is 8.91. The fourth-order valence-electron chi connectivity index (χ4n) is 3.30. The van der Waals surface area contributed by atoms with E-state index in [2.05, 4.69) is 15.6 Å². The number of carbonyl (C=O) groups is 2. The Morgan fingerprint density at radius 2 is 1.90 bits per heavy atom. The highest BCUT2D eigenvalue weighted by Crippen LogP contribution is 2.34. The topological polar surface area (TPSA) is 74.3 Å². The lowest BCUT2D eigenvalue weighted by Gasteiger charge is -2.32. The molecule has 1 saturated heterocycles. The molecule has 160 valence electrons. The fraction of sp³-hybridized carbons (Fsp3) is 0.350. The molecule has 6 nitrogen and oxygen atoms in total. The number of amides is 2. The molecule has 1 aliphatic heterocycles. The molecule has 3 rings (SSSR count). The average molecular weight is 441 g/mol. The van der Waals surface area contributed by atoms with E-state index in [0.29, 0.717) is 37.2 Å². The van der Waals surface area contributed by atoms with E-state index in [0.717, 1.165) is 12.3 Å². The Hall–Kier alpha value is -2.81. The van der Waals surface area contributed by atoms with Gasteiger partial charge in [-0.15, -0.1) is 0 Å². The number of benzene rings is 1. The van der Waals surface area contributed by atoms with Crippen molar-refractivity contribution in [2.45, 2.75) is 19.0 Å². The molecular formula is C20H20ClF3N4O2. The van der Waals surface area contributed by atoms with Gasteiger partial charge in [-0.05, 0) is 37.1 Å². The zero-order valence-corrected chi connectivity index (χ0v) is 16.8. The third-order valence-electron chi connectivity index (χ3n) is 4.93. The number of anilines is 2. The van der Waals surface area contributed by atoms with Crippen LogP contribution in [0.25, 0.3) is 0 Å². The summed E-state index contributed by atoms with van der Waals surface area (Å²) in [6.45, 7) is 0.878. The van der Waals surface area contributed by atoms with E-state index in [-0.39, 0.29) is 28.6 Å². The first kappa shape index (κ1) is 21.9.